The fourth-order valence-electron chi connectivity index (χ4n) is 4.00. The molecule has 0 bridgehead atoms. The van der Waals surface area contributed by atoms with Gasteiger partial charge < -0.3 is 9.47 Å². The van der Waals surface area contributed by atoms with Crippen molar-refractivity contribution in [3.05, 3.63) is 77.9 Å². The monoisotopic (exact) mass is 454 g/mol. The number of aromatic nitrogens is 6. The number of rotatable bonds is 7. The molecule has 0 saturated heterocycles. The lowest BCUT2D eigenvalue weighted by Gasteiger charge is -2.12. The van der Waals surface area contributed by atoms with Crippen molar-refractivity contribution < 1.29 is 14.3 Å². The van der Waals surface area contributed by atoms with E-state index in [0.717, 1.165) is 22.3 Å². The molecule has 5 rings (SSSR count). The van der Waals surface area contributed by atoms with E-state index in [0.29, 0.717) is 41.6 Å². The van der Waals surface area contributed by atoms with Crippen LogP contribution < -0.4 is 4.74 Å². The highest BCUT2D eigenvalue weighted by molar-refractivity contribution is 6.02. The number of ether oxygens (including phenoxy) is 2. The molecule has 2 heterocycles. The normalized spacial score (nSPS) is 11.0. The minimum absolute atomic E-state index is 0.414. The number of carbonyl (C=O) groups excluding carboxylic acids is 1. The summed E-state index contributed by atoms with van der Waals surface area (Å²) in [6, 6.07) is 22.0. The van der Waals surface area contributed by atoms with E-state index in [1.807, 2.05) is 54.0 Å². The Bertz CT molecular complexity index is 1440. The largest absolute Gasteiger partial charge is 0.465 e. The Morgan fingerprint density at radius 1 is 1.00 bits per heavy atom. The molecule has 0 saturated carbocycles. The Morgan fingerprint density at radius 3 is 2.50 bits per heavy atom. The van der Waals surface area contributed by atoms with Gasteiger partial charge in [-0.15, -0.1) is 10.2 Å². The third-order valence-corrected chi connectivity index (χ3v) is 5.53. The van der Waals surface area contributed by atoms with E-state index in [4.69, 9.17) is 9.47 Å². The van der Waals surface area contributed by atoms with Crippen LogP contribution in [0.15, 0.2) is 66.7 Å². The van der Waals surface area contributed by atoms with Crippen LogP contribution in [-0.2, 0) is 11.3 Å². The Morgan fingerprint density at radius 2 is 1.79 bits per heavy atom. The maximum absolute atomic E-state index is 12.4. The SMILES string of the molecule is CCOc1nc2cccc(C(=O)OC)c2n1Cc1ccc(-c2ccccc2-c2nn[nH]n2)cc1. The van der Waals surface area contributed by atoms with E-state index in [-0.39, 0.29) is 0 Å². The molecule has 0 atom stereocenters. The third-order valence-electron chi connectivity index (χ3n) is 5.53. The van der Waals surface area contributed by atoms with Crippen LogP contribution in [-0.4, -0.2) is 49.9 Å². The number of fused-ring (bicyclic) bond motifs is 1. The highest BCUT2D eigenvalue weighted by atomic mass is 16.5. The Hall–Kier alpha value is -4.53. The van der Waals surface area contributed by atoms with Crippen molar-refractivity contribution in [1.82, 2.24) is 30.2 Å². The lowest BCUT2D eigenvalue weighted by Crippen LogP contribution is -2.09. The van der Waals surface area contributed by atoms with Crippen LogP contribution in [0.1, 0.15) is 22.8 Å². The number of nitrogens with one attached hydrogen (secondary N) is 1. The summed E-state index contributed by atoms with van der Waals surface area (Å²) < 4.78 is 12.7. The standard InChI is InChI=1S/C25H22N6O3/c1-3-34-25-26-21-10-6-9-20(24(32)33-2)22(21)31(25)15-16-11-13-17(14-12-16)18-7-4-5-8-19(18)23-27-29-30-28-23/h4-14H,3,15H2,1-2H3,(H,27,28,29,30). The molecular weight excluding hydrogens is 432 g/mol. The predicted molar refractivity (Wildman–Crippen MR) is 126 cm³/mol. The van der Waals surface area contributed by atoms with Gasteiger partial charge in [0, 0.05) is 5.56 Å². The van der Waals surface area contributed by atoms with Crippen molar-refractivity contribution in [2.24, 2.45) is 0 Å². The van der Waals surface area contributed by atoms with Gasteiger partial charge >= 0.3 is 5.97 Å². The highest BCUT2D eigenvalue weighted by Crippen LogP contribution is 2.31. The van der Waals surface area contributed by atoms with Crippen molar-refractivity contribution >= 4 is 17.0 Å². The molecule has 170 valence electrons. The van der Waals surface area contributed by atoms with Crippen LogP contribution >= 0.6 is 0 Å². The number of tetrazole rings is 1. The molecule has 0 spiro atoms. The molecule has 34 heavy (non-hydrogen) atoms. The number of hydrogen-bond donors (Lipinski definition) is 1. The van der Waals surface area contributed by atoms with Gasteiger partial charge in [0.05, 0.1) is 36.9 Å². The molecule has 0 radical (unpaired) electrons. The fourth-order valence-corrected chi connectivity index (χ4v) is 4.00. The number of imidazole rings is 1. The van der Waals surface area contributed by atoms with Crippen LogP contribution in [0.25, 0.3) is 33.5 Å². The number of H-pyrrole nitrogens is 1. The molecule has 2 aromatic heterocycles. The van der Waals surface area contributed by atoms with Crippen LogP contribution in [0.5, 0.6) is 6.01 Å². The number of hydrogen-bond acceptors (Lipinski definition) is 7. The maximum atomic E-state index is 12.4. The fraction of sp³-hybridized carbons (Fsp3) is 0.160. The predicted octanol–water partition coefficient (Wildman–Crippen LogP) is 4.12. The van der Waals surface area contributed by atoms with Crippen LogP contribution in [0, 0.1) is 0 Å². The van der Waals surface area contributed by atoms with E-state index >= 15 is 0 Å². The van der Waals surface area contributed by atoms with E-state index in [1.165, 1.54) is 7.11 Å². The number of esters is 1. The van der Waals surface area contributed by atoms with E-state index in [1.54, 1.807) is 12.1 Å². The van der Waals surface area contributed by atoms with Crippen molar-refractivity contribution in [2.45, 2.75) is 13.5 Å². The number of methoxy groups -OCH3 is 1. The summed E-state index contributed by atoms with van der Waals surface area (Å²) in [4.78, 5) is 17.0. The summed E-state index contributed by atoms with van der Waals surface area (Å²) >= 11 is 0. The zero-order chi connectivity index (χ0) is 23.5. The zero-order valence-corrected chi connectivity index (χ0v) is 18.7. The average molecular weight is 454 g/mol. The van der Waals surface area contributed by atoms with E-state index in [2.05, 4.69) is 37.7 Å². The summed E-state index contributed by atoms with van der Waals surface area (Å²) in [5.41, 5.74) is 5.77. The van der Waals surface area contributed by atoms with Crippen molar-refractivity contribution in [1.29, 1.82) is 0 Å². The number of para-hydroxylation sites is 1. The van der Waals surface area contributed by atoms with Crippen molar-refractivity contribution in [3.63, 3.8) is 0 Å². The molecular formula is C25H22N6O3. The van der Waals surface area contributed by atoms with Gasteiger partial charge in [-0.1, -0.05) is 54.6 Å². The Balaban J connectivity index is 1.53. The average Bonchev–Trinajstić information content (AvgIpc) is 3.53. The van der Waals surface area contributed by atoms with Gasteiger partial charge in [-0.05, 0) is 41.0 Å². The molecule has 9 heteroatoms. The second-order valence-electron chi connectivity index (χ2n) is 7.56. The van der Waals surface area contributed by atoms with Crippen molar-refractivity contribution in [2.75, 3.05) is 13.7 Å². The van der Waals surface area contributed by atoms with Gasteiger partial charge in [-0.3, -0.25) is 4.57 Å². The summed E-state index contributed by atoms with van der Waals surface area (Å²) in [6.45, 7) is 2.84. The van der Waals surface area contributed by atoms with Gasteiger partial charge in [0.2, 0.25) is 5.82 Å². The van der Waals surface area contributed by atoms with Crippen molar-refractivity contribution in [3.8, 4) is 28.5 Å². The second-order valence-corrected chi connectivity index (χ2v) is 7.56. The lowest BCUT2D eigenvalue weighted by atomic mass is 9.98. The first kappa shape index (κ1) is 21.3. The second kappa shape index (κ2) is 9.14. The molecule has 3 aromatic carbocycles. The molecule has 1 N–H and O–H groups in total. The molecule has 0 aliphatic heterocycles. The van der Waals surface area contributed by atoms with Gasteiger partial charge in [0.25, 0.3) is 6.01 Å². The smallest absolute Gasteiger partial charge is 0.340 e. The summed E-state index contributed by atoms with van der Waals surface area (Å²) in [5.74, 6) is 0.129. The molecule has 5 aromatic rings. The third kappa shape index (κ3) is 3.88. The minimum atomic E-state index is -0.414. The van der Waals surface area contributed by atoms with E-state index < -0.39 is 5.97 Å². The van der Waals surface area contributed by atoms with Crippen LogP contribution in [0.4, 0.5) is 0 Å². The maximum Gasteiger partial charge on any atom is 0.340 e. The minimum Gasteiger partial charge on any atom is -0.465 e. The molecule has 0 aliphatic carbocycles. The van der Waals surface area contributed by atoms with Gasteiger partial charge in [0.1, 0.15) is 0 Å². The molecule has 0 fully saturated rings. The highest BCUT2D eigenvalue weighted by Gasteiger charge is 2.20. The summed E-state index contributed by atoms with van der Waals surface area (Å²) in [5, 5.41) is 14.4. The first-order valence-corrected chi connectivity index (χ1v) is 10.8. The number of carbonyl (C=O) groups is 1. The topological polar surface area (TPSA) is 108 Å². The van der Waals surface area contributed by atoms with Crippen LogP contribution in [0.2, 0.25) is 0 Å². The summed E-state index contributed by atoms with van der Waals surface area (Å²) in [6.07, 6.45) is 0. The first-order valence-electron chi connectivity index (χ1n) is 10.8. The number of benzene rings is 3. The first-order chi connectivity index (χ1) is 16.7. The van der Waals surface area contributed by atoms with Gasteiger partial charge in [-0.2, -0.15) is 10.2 Å². The summed E-state index contributed by atoms with van der Waals surface area (Å²) in [7, 11) is 1.37. The molecule has 9 nitrogen and oxygen atoms in total. The Kier molecular flexibility index (Phi) is 5.73. The van der Waals surface area contributed by atoms with Gasteiger partial charge in [-0.25, -0.2) is 4.79 Å². The number of aromatic amines is 1. The lowest BCUT2D eigenvalue weighted by molar-refractivity contribution is 0.0602. The van der Waals surface area contributed by atoms with E-state index in [9.17, 15) is 4.79 Å². The number of nitrogens with zero attached hydrogens (tertiary/aromatic N) is 5. The molecule has 0 aliphatic rings. The van der Waals surface area contributed by atoms with Gasteiger partial charge in [0.15, 0.2) is 0 Å². The zero-order valence-electron chi connectivity index (χ0n) is 18.7. The Labute approximate surface area is 195 Å². The molecule has 0 amide bonds. The molecule has 0 unspecified atom stereocenters. The van der Waals surface area contributed by atoms with Crippen LogP contribution in [0.3, 0.4) is 0 Å². The quantitative estimate of drug-likeness (QED) is 0.369.